The number of allylic oxidation sites excluding steroid dienone is 4. The fourth-order valence-electron chi connectivity index (χ4n) is 2.36. The van der Waals surface area contributed by atoms with E-state index in [0.717, 1.165) is 6.42 Å². The molecule has 0 spiro atoms. The summed E-state index contributed by atoms with van der Waals surface area (Å²) in [6, 6.07) is 5.08. The molecule has 0 radical (unpaired) electrons. The van der Waals surface area contributed by atoms with Crippen molar-refractivity contribution in [2.75, 3.05) is 0 Å². The van der Waals surface area contributed by atoms with Gasteiger partial charge in [0.25, 0.3) is 5.92 Å². The molecule has 0 bridgehead atoms. The Bertz CT molecular complexity index is 559. The van der Waals surface area contributed by atoms with E-state index in [2.05, 4.69) is 31.9 Å². The van der Waals surface area contributed by atoms with Gasteiger partial charge in [0.2, 0.25) is 0 Å². The fraction of sp³-hybridized carbons (Fsp3) is 0.231. The maximum absolute atomic E-state index is 14.3. The Morgan fingerprint density at radius 1 is 1.29 bits per heavy atom. The van der Waals surface area contributed by atoms with Crippen molar-refractivity contribution in [2.24, 2.45) is 0 Å². The first kappa shape index (κ1) is 11.6. The lowest BCUT2D eigenvalue weighted by atomic mass is 9.97. The van der Waals surface area contributed by atoms with Gasteiger partial charge >= 0.3 is 0 Å². The number of hydrogen-bond donors (Lipinski definition) is 0. The van der Waals surface area contributed by atoms with Crippen LogP contribution in [0.15, 0.2) is 40.4 Å². The number of halogens is 4. The van der Waals surface area contributed by atoms with Crippen molar-refractivity contribution in [3.8, 4) is 0 Å². The molecule has 4 heteroatoms. The van der Waals surface area contributed by atoms with Crippen molar-refractivity contribution >= 4 is 37.4 Å². The quantitative estimate of drug-likeness (QED) is 0.568. The third-order valence-corrected chi connectivity index (χ3v) is 4.26. The minimum Gasteiger partial charge on any atom is -0.196 e. The molecular weight excluding hydrogens is 354 g/mol. The zero-order chi connectivity index (χ0) is 12.2. The first-order valence-corrected chi connectivity index (χ1v) is 6.96. The zero-order valence-corrected chi connectivity index (χ0v) is 11.9. The summed E-state index contributed by atoms with van der Waals surface area (Å²) in [7, 11) is 0. The maximum atomic E-state index is 14.3. The third kappa shape index (κ3) is 1.65. The molecule has 0 fully saturated rings. The van der Waals surface area contributed by atoms with Crippen molar-refractivity contribution in [2.45, 2.75) is 17.2 Å². The summed E-state index contributed by atoms with van der Waals surface area (Å²) in [6.07, 6.45) is 4.27. The average molecular weight is 362 g/mol. The van der Waals surface area contributed by atoms with Crippen molar-refractivity contribution in [1.29, 1.82) is 0 Å². The summed E-state index contributed by atoms with van der Waals surface area (Å²) >= 11 is 6.62. The van der Waals surface area contributed by atoms with Crippen molar-refractivity contribution < 1.29 is 8.78 Å². The Labute approximate surface area is 115 Å². The molecule has 0 amide bonds. The van der Waals surface area contributed by atoms with E-state index < -0.39 is 5.92 Å². The largest absolute Gasteiger partial charge is 0.299 e. The fourth-order valence-corrected chi connectivity index (χ4v) is 3.18. The lowest BCUT2D eigenvalue weighted by Gasteiger charge is -2.17. The molecule has 0 N–H and O–H groups in total. The van der Waals surface area contributed by atoms with E-state index in [0.29, 0.717) is 15.6 Å². The van der Waals surface area contributed by atoms with Crippen molar-refractivity contribution in [3.05, 3.63) is 51.5 Å². The molecule has 1 aromatic rings. The van der Waals surface area contributed by atoms with Gasteiger partial charge in [-0.25, -0.2) is 0 Å². The molecular formula is C13H8Br2F2. The van der Waals surface area contributed by atoms with E-state index >= 15 is 0 Å². The monoisotopic (exact) mass is 360 g/mol. The second-order valence-corrected chi connectivity index (χ2v) is 6.31. The summed E-state index contributed by atoms with van der Waals surface area (Å²) < 4.78 is 29.2. The van der Waals surface area contributed by atoms with Gasteiger partial charge in [0.15, 0.2) is 0 Å². The SMILES string of the molecule is FC1(F)C2=CC(Br)CC=C2c2ccc(Br)cc21. The van der Waals surface area contributed by atoms with Gasteiger partial charge in [0, 0.05) is 20.4 Å². The Kier molecular flexibility index (Phi) is 2.56. The third-order valence-electron chi connectivity index (χ3n) is 3.13. The van der Waals surface area contributed by atoms with Gasteiger partial charge in [0.1, 0.15) is 0 Å². The lowest BCUT2D eigenvalue weighted by Crippen LogP contribution is -2.14. The number of fused-ring (bicyclic) bond motifs is 3. The van der Waals surface area contributed by atoms with Crippen molar-refractivity contribution in [3.63, 3.8) is 0 Å². The van der Waals surface area contributed by atoms with Crippen LogP contribution in [0, 0.1) is 0 Å². The number of rotatable bonds is 0. The van der Waals surface area contributed by atoms with Crippen LogP contribution in [0.5, 0.6) is 0 Å². The average Bonchev–Trinajstić information content (AvgIpc) is 2.49. The van der Waals surface area contributed by atoms with Gasteiger partial charge < -0.3 is 0 Å². The molecule has 0 aliphatic heterocycles. The van der Waals surface area contributed by atoms with Crippen LogP contribution in [0.2, 0.25) is 0 Å². The molecule has 2 aliphatic rings. The molecule has 2 aliphatic carbocycles. The Morgan fingerprint density at radius 3 is 2.82 bits per heavy atom. The summed E-state index contributed by atoms with van der Waals surface area (Å²) in [6.45, 7) is 0. The van der Waals surface area contributed by atoms with Crippen LogP contribution in [0.3, 0.4) is 0 Å². The second-order valence-electron chi connectivity index (χ2n) is 4.21. The molecule has 3 rings (SSSR count). The highest BCUT2D eigenvalue weighted by atomic mass is 79.9. The van der Waals surface area contributed by atoms with E-state index in [9.17, 15) is 8.78 Å². The highest BCUT2D eigenvalue weighted by molar-refractivity contribution is 9.10. The van der Waals surface area contributed by atoms with Gasteiger partial charge in [-0.05, 0) is 29.7 Å². The predicted molar refractivity (Wildman–Crippen MR) is 71.4 cm³/mol. The van der Waals surface area contributed by atoms with Crippen LogP contribution >= 0.6 is 31.9 Å². The number of hydrogen-bond acceptors (Lipinski definition) is 0. The minimum atomic E-state index is -2.88. The van der Waals surface area contributed by atoms with Gasteiger partial charge in [0.05, 0.1) is 0 Å². The molecule has 0 heterocycles. The van der Waals surface area contributed by atoms with Gasteiger partial charge in [-0.15, -0.1) is 0 Å². The minimum absolute atomic E-state index is 0.00452. The molecule has 1 aromatic carbocycles. The van der Waals surface area contributed by atoms with Crippen LogP contribution in [0.25, 0.3) is 5.57 Å². The van der Waals surface area contributed by atoms with Gasteiger partial charge in [-0.2, -0.15) is 8.78 Å². The molecule has 1 atom stereocenters. The summed E-state index contributed by atoms with van der Waals surface area (Å²) in [4.78, 5) is 0.00452. The van der Waals surface area contributed by atoms with Gasteiger partial charge in [-0.1, -0.05) is 50.1 Å². The topological polar surface area (TPSA) is 0 Å². The smallest absolute Gasteiger partial charge is 0.196 e. The van der Waals surface area contributed by atoms with Crippen LogP contribution in [0.1, 0.15) is 17.5 Å². The van der Waals surface area contributed by atoms with E-state index in [1.165, 1.54) is 6.07 Å². The van der Waals surface area contributed by atoms with E-state index in [1.807, 2.05) is 6.08 Å². The van der Waals surface area contributed by atoms with Crippen LogP contribution < -0.4 is 0 Å². The normalized spacial score (nSPS) is 24.8. The van der Waals surface area contributed by atoms with Crippen molar-refractivity contribution in [1.82, 2.24) is 0 Å². The molecule has 0 nitrogen and oxygen atoms in total. The summed E-state index contributed by atoms with van der Waals surface area (Å²) in [5, 5.41) is 0. The first-order chi connectivity index (χ1) is 8.00. The molecule has 0 saturated carbocycles. The lowest BCUT2D eigenvalue weighted by molar-refractivity contribution is 0.0474. The van der Waals surface area contributed by atoms with Gasteiger partial charge in [-0.3, -0.25) is 0 Å². The Morgan fingerprint density at radius 2 is 2.06 bits per heavy atom. The Balaban J connectivity index is 2.28. The van der Waals surface area contributed by atoms with Crippen LogP contribution in [0.4, 0.5) is 8.78 Å². The summed E-state index contributed by atoms with van der Waals surface area (Å²) in [5.74, 6) is -2.88. The number of benzene rings is 1. The molecule has 0 aromatic heterocycles. The zero-order valence-electron chi connectivity index (χ0n) is 8.68. The molecule has 88 valence electrons. The summed E-state index contributed by atoms with van der Waals surface area (Å²) in [5.41, 5.74) is 1.58. The second kappa shape index (κ2) is 3.75. The number of alkyl halides is 3. The van der Waals surface area contributed by atoms with Crippen LogP contribution in [-0.4, -0.2) is 4.83 Å². The highest BCUT2D eigenvalue weighted by Gasteiger charge is 2.47. The van der Waals surface area contributed by atoms with Crippen LogP contribution in [-0.2, 0) is 5.92 Å². The van der Waals surface area contributed by atoms with E-state index in [4.69, 9.17) is 0 Å². The van der Waals surface area contributed by atoms with E-state index in [1.54, 1.807) is 18.2 Å². The highest BCUT2D eigenvalue weighted by Crippen LogP contribution is 2.54. The Hall–Kier alpha value is -0.480. The first-order valence-electron chi connectivity index (χ1n) is 5.25. The predicted octanol–water partition coefficient (Wildman–Crippen LogP) is 5.03. The molecule has 1 unspecified atom stereocenters. The standard InChI is InChI=1S/C13H8Br2F2/c14-7-1-3-9-10-4-2-8(15)6-12(10)13(16,17)11(9)5-7/h1,3-6,8H,2H2. The maximum Gasteiger partial charge on any atom is 0.299 e. The molecule has 17 heavy (non-hydrogen) atoms. The van der Waals surface area contributed by atoms with E-state index in [-0.39, 0.29) is 16.0 Å². The molecule has 0 saturated heterocycles.